The van der Waals surface area contributed by atoms with Crippen LogP contribution in [0.3, 0.4) is 0 Å². The zero-order chi connectivity index (χ0) is 17.1. The van der Waals surface area contributed by atoms with E-state index in [1.807, 2.05) is 23.7 Å². The molecule has 2 aliphatic rings. The number of likely N-dealkylation sites (tertiary alicyclic amines) is 1. The highest BCUT2D eigenvalue weighted by atomic mass is 32.1. The molecule has 2 aromatic rings. The number of thiophene rings is 1. The number of fused-ring (bicyclic) bond motifs is 1. The van der Waals surface area contributed by atoms with Crippen LogP contribution in [0, 0.1) is 12.8 Å². The van der Waals surface area contributed by atoms with Gasteiger partial charge in [-0.05, 0) is 49.7 Å². The van der Waals surface area contributed by atoms with Crippen LogP contribution in [0.5, 0.6) is 0 Å². The molecule has 134 valence electrons. The first-order valence-corrected chi connectivity index (χ1v) is 10.1. The Balaban J connectivity index is 1.34. The second-order valence-electron chi connectivity index (χ2n) is 7.30. The van der Waals surface area contributed by atoms with Gasteiger partial charge in [0.05, 0.1) is 12.7 Å². The fraction of sp³-hybridized carbons (Fsp3) is 0.550. The standard InChI is InChI=1S/C20H27N3OS/c1-16-2-3-19(25-16)14-22-9-6-18-13-23(10-11-24-20(18)15-22)12-17-4-7-21-8-5-17/h2-5,7-8,18,20H,6,9-15H2,1H3/t18-,20-/m1/s1. The summed E-state index contributed by atoms with van der Waals surface area (Å²) in [6.45, 7) is 9.55. The molecule has 2 atom stereocenters. The van der Waals surface area contributed by atoms with E-state index in [1.54, 1.807) is 0 Å². The van der Waals surface area contributed by atoms with Gasteiger partial charge < -0.3 is 4.74 Å². The van der Waals surface area contributed by atoms with E-state index >= 15 is 0 Å². The van der Waals surface area contributed by atoms with Crippen molar-refractivity contribution in [3.05, 3.63) is 52.0 Å². The second-order valence-corrected chi connectivity index (χ2v) is 8.67. The fourth-order valence-corrected chi connectivity index (χ4v) is 4.94. The molecule has 0 amide bonds. The van der Waals surface area contributed by atoms with Crippen molar-refractivity contribution in [2.45, 2.75) is 32.5 Å². The summed E-state index contributed by atoms with van der Waals surface area (Å²) < 4.78 is 6.26. The predicted octanol–water partition coefficient (Wildman–Crippen LogP) is 3.17. The van der Waals surface area contributed by atoms with Gasteiger partial charge in [0.1, 0.15) is 0 Å². The fourth-order valence-electron chi connectivity index (χ4n) is 4.01. The van der Waals surface area contributed by atoms with Crippen LogP contribution in [0.2, 0.25) is 0 Å². The Hall–Kier alpha value is -1.27. The van der Waals surface area contributed by atoms with Gasteiger partial charge in [-0.1, -0.05) is 0 Å². The lowest BCUT2D eigenvalue weighted by Crippen LogP contribution is -2.46. The van der Waals surface area contributed by atoms with Crippen molar-refractivity contribution in [1.29, 1.82) is 0 Å². The van der Waals surface area contributed by atoms with Gasteiger partial charge >= 0.3 is 0 Å². The van der Waals surface area contributed by atoms with Crippen LogP contribution in [0.25, 0.3) is 0 Å². The molecule has 4 nitrogen and oxygen atoms in total. The van der Waals surface area contributed by atoms with E-state index in [2.05, 4.69) is 46.0 Å². The summed E-state index contributed by atoms with van der Waals surface area (Å²) >= 11 is 1.92. The second kappa shape index (κ2) is 7.96. The van der Waals surface area contributed by atoms with Gasteiger partial charge in [0.25, 0.3) is 0 Å². The van der Waals surface area contributed by atoms with E-state index in [9.17, 15) is 0 Å². The first kappa shape index (κ1) is 17.2. The lowest BCUT2D eigenvalue weighted by Gasteiger charge is -2.37. The van der Waals surface area contributed by atoms with Gasteiger partial charge in [0.15, 0.2) is 0 Å². The van der Waals surface area contributed by atoms with Crippen LogP contribution in [-0.2, 0) is 17.8 Å². The quantitative estimate of drug-likeness (QED) is 0.840. The average molecular weight is 358 g/mol. The maximum absolute atomic E-state index is 6.26. The summed E-state index contributed by atoms with van der Waals surface area (Å²) in [6, 6.07) is 8.74. The first-order valence-electron chi connectivity index (χ1n) is 9.27. The maximum atomic E-state index is 6.26. The molecule has 0 aromatic carbocycles. The van der Waals surface area contributed by atoms with Crippen LogP contribution in [0.15, 0.2) is 36.7 Å². The summed E-state index contributed by atoms with van der Waals surface area (Å²) in [5, 5.41) is 0. The Morgan fingerprint density at radius 2 is 1.92 bits per heavy atom. The first-order chi connectivity index (χ1) is 12.3. The summed E-state index contributed by atoms with van der Waals surface area (Å²) in [6.07, 6.45) is 5.40. The number of piperidine rings is 1. The van der Waals surface area contributed by atoms with Crippen LogP contribution >= 0.6 is 11.3 Å². The molecule has 2 aromatic heterocycles. The Bertz CT molecular complexity index is 675. The lowest BCUT2D eigenvalue weighted by atomic mass is 9.93. The van der Waals surface area contributed by atoms with Gasteiger partial charge in [0, 0.05) is 60.8 Å². The van der Waals surface area contributed by atoms with Gasteiger partial charge in [-0.2, -0.15) is 0 Å². The third kappa shape index (κ3) is 4.47. The van der Waals surface area contributed by atoms with Crippen molar-refractivity contribution in [3.8, 4) is 0 Å². The SMILES string of the molecule is Cc1ccc(CN2CC[C@@H]3CN(Cc4ccncc4)CCO[C@@H]3C2)s1. The zero-order valence-electron chi connectivity index (χ0n) is 14.9. The summed E-state index contributed by atoms with van der Waals surface area (Å²) in [5.74, 6) is 0.658. The predicted molar refractivity (Wildman–Crippen MR) is 102 cm³/mol. The van der Waals surface area contributed by atoms with Crippen LogP contribution < -0.4 is 0 Å². The summed E-state index contributed by atoms with van der Waals surface area (Å²) in [5.41, 5.74) is 1.35. The van der Waals surface area contributed by atoms with E-state index in [-0.39, 0.29) is 0 Å². The van der Waals surface area contributed by atoms with E-state index < -0.39 is 0 Å². The largest absolute Gasteiger partial charge is 0.375 e. The van der Waals surface area contributed by atoms with Crippen molar-refractivity contribution in [3.63, 3.8) is 0 Å². The topological polar surface area (TPSA) is 28.6 Å². The molecule has 0 N–H and O–H groups in total. The number of hydrogen-bond acceptors (Lipinski definition) is 5. The van der Waals surface area contributed by atoms with Crippen LogP contribution in [-0.4, -0.2) is 53.7 Å². The van der Waals surface area contributed by atoms with Gasteiger partial charge in [-0.3, -0.25) is 14.8 Å². The molecule has 0 saturated carbocycles. The zero-order valence-corrected chi connectivity index (χ0v) is 15.8. The molecule has 4 rings (SSSR count). The number of pyridine rings is 1. The third-order valence-corrected chi connectivity index (χ3v) is 6.33. The smallest absolute Gasteiger partial charge is 0.0743 e. The van der Waals surface area contributed by atoms with Crippen LogP contribution in [0.4, 0.5) is 0 Å². The van der Waals surface area contributed by atoms with Crippen molar-refractivity contribution in [1.82, 2.24) is 14.8 Å². The number of aromatic nitrogens is 1. The molecule has 2 saturated heterocycles. The normalized spacial score (nSPS) is 25.5. The Morgan fingerprint density at radius 3 is 2.72 bits per heavy atom. The highest BCUT2D eigenvalue weighted by molar-refractivity contribution is 7.11. The lowest BCUT2D eigenvalue weighted by molar-refractivity contribution is -0.0239. The molecule has 2 aliphatic heterocycles. The van der Waals surface area contributed by atoms with Crippen molar-refractivity contribution in [2.75, 3.05) is 32.8 Å². The number of nitrogens with zero attached hydrogens (tertiary/aromatic N) is 3. The highest BCUT2D eigenvalue weighted by Crippen LogP contribution is 2.27. The number of hydrogen-bond donors (Lipinski definition) is 0. The molecule has 0 radical (unpaired) electrons. The minimum absolute atomic E-state index is 0.386. The average Bonchev–Trinajstić information content (AvgIpc) is 2.91. The Labute approximate surface area is 154 Å². The van der Waals surface area contributed by atoms with E-state index in [0.717, 1.165) is 39.3 Å². The van der Waals surface area contributed by atoms with Gasteiger partial charge in [0.2, 0.25) is 0 Å². The molecular weight excluding hydrogens is 330 g/mol. The van der Waals surface area contributed by atoms with Gasteiger partial charge in [-0.25, -0.2) is 0 Å². The summed E-state index contributed by atoms with van der Waals surface area (Å²) in [4.78, 5) is 12.1. The highest BCUT2D eigenvalue weighted by Gasteiger charge is 2.33. The molecule has 0 spiro atoms. The van der Waals surface area contributed by atoms with Crippen molar-refractivity contribution < 1.29 is 4.74 Å². The molecule has 0 bridgehead atoms. The van der Waals surface area contributed by atoms with E-state index in [4.69, 9.17) is 4.74 Å². The maximum Gasteiger partial charge on any atom is 0.0743 e. The molecule has 0 aliphatic carbocycles. The van der Waals surface area contributed by atoms with Crippen molar-refractivity contribution in [2.24, 2.45) is 5.92 Å². The van der Waals surface area contributed by atoms with Crippen molar-refractivity contribution >= 4 is 11.3 Å². The van der Waals surface area contributed by atoms with E-state index in [1.165, 1.54) is 28.3 Å². The Morgan fingerprint density at radius 1 is 1.08 bits per heavy atom. The minimum Gasteiger partial charge on any atom is -0.375 e. The monoisotopic (exact) mass is 357 g/mol. The number of rotatable bonds is 4. The molecular formula is C20H27N3OS. The number of ether oxygens (including phenoxy) is 1. The molecule has 0 unspecified atom stereocenters. The summed E-state index contributed by atoms with van der Waals surface area (Å²) in [7, 11) is 0. The molecule has 5 heteroatoms. The number of aryl methyl sites for hydroxylation is 1. The molecule has 25 heavy (non-hydrogen) atoms. The van der Waals surface area contributed by atoms with Gasteiger partial charge in [-0.15, -0.1) is 11.3 Å². The van der Waals surface area contributed by atoms with Crippen LogP contribution in [0.1, 0.15) is 21.7 Å². The Kier molecular flexibility index (Phi) is 5.46. The van der Waals surface area contributed by atoms with E-state index in [0.29, 0.717) is 12.0 Å². The molecule has 2 fully saturated rings. The third-order valence-electron chi connectivity index (χ3n) is 5.34. The minimum atomic E-state index is 0.386. The molecule has 4 heterocycles.